The van der Waals surface area contributed by atoms with Gasteiger partial charge in [-0.3, -0.25) is 0 Å². The zero-order valence-electron chi connectivity index (χ0n) is 11.6. The van der Waals surface area contributed by atoms with Gasteiger partial charge in [-0.15, -0.1) is 13.2 Å². The highest BCUT2D eigenvalue weighted by molar-refractivity contribution is 5.73. The predicted octanol–water partition coefficient (Wildman–Crippen LogP) is 5.38. The summed E-state index contributed by atoms with van der Waals surface area (Å²) in [6, 6.07) is 8.72. The molecule has 17 heavy (non-hydrogen) atoms. The van der Waals surface area contributed by atoms with Crippen LogP contribution in [0, 0.1) is 0 Å². The molecule has 1 aromatic rings. The fourth-order valence-electron chi connectivity index (χ4n) is 1.57. The SMILES string of the molecule is C=C.C=C/C(=C\C)c1ccc(C(C)(C)C)cc1. The van der Waals surface area contributed by atoms with Gasteiger partial charge in [-0.1, -0.05) is 63.8 Å². The van der Waals surface area contributed by atoms with Crippen LogP contribution in [0.5, 0.6) is 0 Å². The third-order valence-corrected chi connectivity index (χ3v) is 2.62. The van der Waals surface area contributed by atoms with Gasteiger partial charge >= 0.3 is 0 Å². The quantitative estimate of drug-likeness (QED) is 0.471. The maximum Gasteiger partial charge on any atom is -0.0132 e. The summed E-state index contributed by atoms with van der Waals surface area (Å²) in [5.41, 5.74) is 4.02. The molecule has 0 aliphatic heterocycles. The zero-order chi connectivity index (χ0) is 13.5. The molecular formula is C17H24. The van der Waals surface area contributed by atoms with E-state index in [-0.39, 0.29) is 5.41 Å². The topological polar surface area (TPSA) is 0 Å². The Labute approximate surface area is 106 Å². The minimum Gasteiger partial charge on any atom is -0.106 e. The Morgan fingerprint density at radius 2 is 1.53 bits per heavy atom. The third-order valence-electron chi connectivity index (χ3n) is 2.62. The Hall–Kier alpha value is -1.56. The van der Waals surface area contributed by atoms with Crippen molar-refractivity contribution in [3.05, 3.63) is 67.3 Å². The van der Waals surface area contributed by atoms with Gasteiger partial charge in [0.25, 0.3) is 0 Å². The lowest BCUT2D eigenvalue weighted by Gasteiger charge is -2.19. The van der Waals surface area contributed by atoms with Crippen LogP contribution in [-0.4, -0.2) is 0 Å². The highest BCUT2D eigenvalue weighted by Crippen LogP contribution is 2.24. The summed E-state index contributed by atoms with van der Waals surface area (Å²) < 4.78 is 0. The minimum absolute atomic E-state index is 0.225. The molecule has 0 bridgehead atoms. The Morgan fingerprint density at radius 3 is 1.82 bits per heavy atom. The number of hydrogen-bond donors (Lipinski definition) is 0. The molecule has 0 heterocycles. The van der Waals surface area contributed by atoms with Gasteiger partial charge in [0.05, 0.1) is 0 Å². The molecule has 92 valence electrons. The van der Waals surface area contributed by atoms with Gasteiger partial charge in [0, 0.05) is 0 Å². The second-order valence-electron chi connectivity index (χ2n) is 4.78. The molecule has 0 saturated carbocycles. The van der Waals surface area contributed by atoms with E-state index in [2.05, 4.69) is 70.8 Å². The van der Waals surface area contributed by atoms with E-state index in [9.17, 15) is 0 Å². The molecule has 0 radical (unpaired) electrons. The minimum atomic E-state index is 0.225. The van der Waals surface area contributed by atoms with Crippen molar-refractivity contribution in [2.24, 2.45) is 0 Å². The van der Waals surface area contributed by atoms with E-state index in [1.807, 2.05) is 13.0 Å². The second-order valence-corrected chi connectivity index (χ2v) is 4.78. The van der Waals surface area contributed by atoms with E-state index in [1.165, 1.54) is 16.7 Å². The van der Waals surface area contributed by atoms with Crippen molar-refractivity contribution in [2.45, 2.75) is 33.1 Å². The molecule has 1 aromatic carbocycles. The average Bonchev–Trinajstić information content (AvgIpc) is 2.33. The van der Waals surface area contributed by atoms with Crippen LogP contribution in [0.3, 0.4) is 0 Å². The summed E-state index contributed by atoms with van der Waals surface area (Å²) >= 11 is 0. The lowest BCUT2D eigenvalue weighted by atomic mass is 9.86. The fraction of sp³-hybridized carbons (Fsp3) is 0.294. The lowest BCUT2D eigenvalue weighted by Crippen LogP contribution is -2.10. The summed E-state index contributed by atoms with van der Waals surface area (Å²) in [6.45, 7) is 18.5. The zero-order valence-corrected chi connectivity index (χ0v) is 11.6. The maximum atomic E-state index is 3.81. The van der Waals surface area contributed by atoms with Crippen LogP contribution in [0.2, 0.25) is 0 Å². The van der Waals surface area contributed by atoms with Crippen LogP contribution in [-0.2, 0) is 5.41 Å². The number of hydrogen-bond acceptors (Lipinski definition) is 0. The highest BCUT2D eigenvalue weighted by atomic mass is 14.2. The molecule has 0 atom stereocenters. The first-order chi connectivity index (χ1) is 7.99. The molecule has 0 aliphatic carbocycles. The molecule has 0 N–H and O–H groups in total. The molecule has 0 nitrogen and oxygen atoms in total. The molecule has 0 saturated heterocycles. The molecule has 0 heteroatoms. The van der Waals surface area contributed by atoms with Crippen molar-refractivity contribution in [3.63, 3.8) is 0 Å². The van der Waals surface area contributed by atoms with Gasteiger partial charge < -0.3 is 0 Å². The van der Waals surface area contributed by atoms with Crippen molar-refractivity contribution in [3.8, 4) is 0 Å². The van der Waals surface area contributed by atoms with E-state index in [1.54, 1.807) is 0 Å². The summed E-state index contributed by atoms with van der Waals surface area (Å²) in [5, 5.41) is 0. The Balaban J connectivity index is 0.00000121. The molecule has 0 fully saturated rings. The third kappa shape index (κ3) is 4.44. The Morgan fingerprint density at radius 1 is 1.06 bits per heavy atom. The van der Waals surface area contributed by atoms with Gasteiger partial charge in [-0.25, -0.2) is 0 Å². The molecule has 0 spiro atoms. The lowest BCUT2D eigenvalue weighted by molar-refractivity contribution is 0.590. The van der Waals surface area contributed by atoms with Crippen LogP contribution >= 0.6 is 0 Å². The predicted molar refractivity (Wildman–Crippen MR) is 80.2 cm³/mol. The van der Waals surface area contributed by atoms with Gasteiger partial charge in [-0.05, 0) is 29.0 Å². The van der Waals surface area contributed by atoms with E-state index >= 15 is 0 Å². The summed E-state index contributed by atoms with van der Waals surface area (Å²) in [6.07, 6.45) is 3.98. The van der Waals surface area contributed by atoms with E-state index in [0.29, 0.717) is 0 Å². The summed E-state index contributed by atoms with van der Waals surface area (Å²) in [5.74, 6) is 0. The molecule has 0 aliphatic rings. The van der Waals surface area contributed by atoms with Crippen molar-refractivity contribution < 1.29 is 0 Å². The first kappa shape index (κ1) is 15.4. The van der Waals surface area contributed by atoms with Crippen LogP contribution in [0.15, 0.2) is 56.2 Å². The smallest absolute Gasteiger partial charge is 0.0132 e. The number of rotatable bonds is 2. The van der Waals surface area contributed by atoms with Crippen LogP contribution in [0.4, 0.5) is 0 Å². The van der Waals surface area contributed by atoms with Crippen molar-refractivity contribution >= 4 is 5.57 Å². The van der Waals surface area contributed by atoms with Gasteiger partial charge in [0.2, 0.25) is 0 Å². The van der Waals surface area contributed by atoms with E-state index in [0.717, 1.165) is 0 Å². The number of allylic oxidation sites excluding steroid dienone is 3. The molecule has 0 amide bonds. The average molecular weight is 228 g/mol. The molecule has 1 rings (SSSR count). The first-order valence-electron chi connectivity index (χ1n) is 5.88. The Bertz CT molecular complexity index is 371. The maximum absolute atomic E-state index is 3.81. The molecule has 0 unspecified atom stereocenters. The van der Waals surface area contributed by atoms with Gasteiger partial charge in [-0.2, -0.15) is 0 Å². The second kappa shape index (κ2) is 6.90. The van der Waals surface area contributed by atoms with Crippen LogP contribution in [0.1, 0.15) is 38.8 Å². The monoisotopic (exact) mass is 228 g/mol. The molecular weight excluding hydrogens is 204 g/mol. The van der Waals surface area contributed by atoms with Crippen LogP contribution < -0.4 is 0 Å². The van der Waals surface area contributed by atoms with E-state index < -0.39 is 0 Å². The summed E-state index contributed by atoms with van der Waals surface area (Å²) in [7, 11) is 0. The van der Waals surface area contributed by atoms with Crippen molar-refractivity contribution in [1.82, 2.24) is 0 Å². The van der Waals surface area contributed by atoms with E-state index in [4.69, 9.17) is 0 Å². The van der Waals surface area contributed by atoms with Crippen molar-refractivity contribution in [2.75, 3.05) is 0 Å². The molecule has 0 aromatic heterocycles. The standard InChI is InChI=1S/C15H20.C2H4/c1-6-12(7-2)13-8-10-14(11-9-13)15(3,4)5;1-2/h6-11H,1H2,2-5H3;1-2H2/b12-7+;. The largest absolute Gasteiger partial charge is 0.106 e. The summed E-state index contributed by atoms with van der Waals surface area (Å²) in [4.78, 5) is 0. The normalized spacial score (nSPS) is 11.4. The number of benzene rings is 1. The fourth-order valence-corrected chi connectivity index (χ4v) is 1.57. The van der Waals surface area contributed by atoms with Crippen LogP contribution in [0.25, 0.3) is 5.57 Å². The highest BCUT2D eigenvalue weighted by Gasteiger charge is 2.12. The van der Waals surface area contributed by atoms with Gasteiger partial charge in [0.1, 0.15) is 0 Å². The van der Waals surface area contributed by atoms with Crippen molar-refractivity contribution in [1.29, 1.82) is 0 Å². The van der Waals surface area contributed by atoms with Gasteiger partial charge in [0.15, 0.2) is 0 Å². The Kier molecular flexibility index (Phi) is 6.27. The first-order valence-corrected chi connectivity index (χ1v) is 5.88.